The Morgan fingerprint density at radius 1 is 1.19 bits per heavy atom. The van der Waals surface area contributed by atoms with E-state index in [0.717, 1.165) is 30.3 Å². The fourth-order valence-electron chi connectivity index (χ4n) is 2.51. The van der Waals surface area contributed by atoms with Crippen LogP contribution in [0.4, 0.5) is 4.39 Å². The van der Waals surface area contributed by atoms with Crippen LogP contribution in [0.2, 0.25) is 0 Å². The molecule has 0 aliphatic carbocycles. The molecule has 0 amide bonds. The molecule has 0 saturated heterocycles. The van der Waals surface area contributed by atoms with E-state index in [0.29, 0.717) is 31.1 Å². The van der Waals surface area contributed by atoms with Crippen LogP contribution in [0, 0.1) is 5.82 Å². The zero-order valence-electron chi connectivity index (χ0n) is 15.2. The van der Waals surface area contributed by atoms with Gasteiger partial charge >= 0.3 is 0 Å². The highest BCUT2D eigenvalue weighted by Crippen LogP contribution is 2.14. The number of furan rings is 1. The molecular weight excluding hydrogens is 347 g/mol. The summed E-state index contributed by atoms with van der Waals surface area (Å²) in [5.74, 6) is 2.46. The summed E-state index contributed by atoms with van der Waals surface area (Å²) in [6.45, 7) is 4.07. The number of aliphatic imine (C=N–C) groups is 1. The van der Waals surface area contributed by atoms with E-state index in [4.69, 9.17) is 4.42 Å². The zero-order valence-corrected chi connectivity index (χ0v) is 15.2. The molecule has 8 heteroatoms. The number of nitrogens with one attached hydrogen (secondary N) is 3. The highest BCUT2D eigenvalue weighted by Gasteiger charge is 2.08. The van der Waals surface area contributed by atoms with E-state index in [2.05, 4.69) is 30.8 Å². The molecule has 7 nitrogen and oxygen atoms in total. The Labute approximate surface area is 157 Å². The molecule has 3 aromatic rings. The second kappa shape index (κ2) is 9.51. The maximum absolute atomic E-state index is 12.9. The van der Waals surface area contributed by atoms with Gasteiger partial charge in [0.1, 0.15) is 11.6 Å². The lowest BCUT2D eigenvalue weighted by Crippen LogP contribution is -2.38. The van der Waals surface area contributed by atoms with Crippen molar-refractivity contribution in [1.29, 1.82) is 0 Å². The maximum atomic E-state index is 12.9. The average molecular weight is 370 g/mol. The quantitative estimate of drug-likeness (QED) is 0.419. The van der Waals surface area contributed by atoms with Gasteiger partial charge < -0.3 is 15.1 Å². The second-order valence-electron chi connectivity index (χ2n) is 5.90. The molecule has 0 unspecified atom stereocenters. The predicted molar refractivity (Wildman–Crippen MR) is 102 cm³/mol. The molecule has 0 aliphatic rings. The molecule has 0 bridgehead atoms. The topological polar surface area (TPSA) is 91.1 Å². The summed E-state index contributed by atoms with van der Waals surface area (Å²) in [6, 6.07) is 10.2. The number of aromatic amines is 1. The third-order valence-corrected chi connectivity index (χ3v) is 3.86. The molecule has 0 aliphatic heterocycles. The minimum atomic E-state index is -0.218. The summed E-state index contributed by atoms with van der Waals surface area (Å²) in [7, 11) is 0. The number of hydrogen-bond acceptors (Lipinski definition) is 4. The third kappa shape index (κ3) is 5.67. The Morgan fingerprint density at radius 3 is 2.78 bits per heavy atom. The first kappa shape index (κ1) is 18.6. The molecular formula is C19H23FN6O. The largest absolute Gasteiger partial charge is 0.461 e. The van der Waals surface area contributed by atoms with Crippen molar-refractivity contribution in [3.8, 4) is 11.6 Å². The Morgan fingerprint density at radius 2 is 2.04 bits per heavy atom. The minimum Gasteiger partial charge on any atom is -0.461 e. The van der Waals surface area contributed by atoms with Gasteiger partial charge in [0.05, 0.1) is 6.26 Å². The fraction of sp³-hybridized carbons (Fsp3) is 0.316. The van der Waals surface area contributed by atoms with Gasteiger partial charge in [0.25, 0.3) is 0 Å². The minimum absolute atomic E-state index is 0.218. The van der Waals surface area contributed by atoms with Crippen molar-refractivity contribution in [2.75, 3.05) is 19.6 Å². The second-order valence-corrected chi connectivity index (χ2v) is 5.90. The molecule has 142 valence electrons. The van der Waals surface area contributed by atoms with Crippen LogP contribution < -0.4 is 10.6 Å². The Kier molecular flexibility index (Phi) is 6.56. The first-order valence-corrected chi connectivity index (χ1v) is 8.96. The summed E-state index contributed by atoms with van der Waals surface area (Å²) in [5.41, 5.74) is 1.08. The normalized spacial score (nSPS) is 11.6. The smallest absolute Gasteiger partial charge is 0.216 e. The summed E-state index contributed by atoms with van der Waals surface area (Å²) in [4.78, 5) is 8.95. The van der Waals surface area contributed by atoms with Crippen LogP contribution in [0.1, 0.15) is 18.3 Å². The molecule has 3 rings (SSSR count). The van der Waals surface area contributed by atoms with E-state index >= 15 is 0 Å². The Balaban J connectivity index is 1.47. The van der Waals surface area contributed by atoms with Crippen molar-refractivity contribution >= 4 is 5.96 Å². The van der Waals surface area contributed by atoms with Gasteiger partial charge in [-0.05, 0) is 43.2 Å². The third-order valence-electron chi connectivity index (χ3n) is 3.86. The molecule has 0 spiro atoms. The average Bonchev–Trinajstić information content (AvgIpc) is 3.35. The Bertz CT molecular complexity index is 841. The number of rotatable bonds is 8. The fourth-order valence-corrected chi connectivity index (χ4v) is 2.51. The summed E-state index contributed by atoms with van der Waals surface area (Å²) in [6.07, 6.45) is 3.03. The molecule has 0 atom stereocenters. The van der Waals surface area contributed by atoms with Gasteiger partial charge in [-0.1, -0.05) is 12.1 Å². The maximum Gasteiger partial charge on any atom is 0.216 e. The van der Waals surface area contributed by atoms with Crippen molar-refractivity contribution in [1.82, 2.24) is 25.8 Å². The highest BCUT2D eigenvalue weighted by atomic mass is 19.1. The zero-order chi connectivity index (χ0) is 18.9. The van der Waals surface area contributed by atoms with E-state index in [1.165, 1.54) is 12.1 Å². The standard InChI is InChI=1S/C19H23FN6O/c1-2-21-19(22-11-9-14-5-7-15(20)8-6-14)23-12-10-17-24-18(26-25-17)16-4-3-13-27-16/h3-8,13H,2,9-12H2,1H3,(H2,21,22,23)(H,24,25,26). The van der Waals surface area contributed by atoms with E-state index in [1.54, 1.807) is 24.5 Å². The van der Waals surface area contributed by atoms with Crippen molar-refractivity contribution in [3.05, 3.63) is 59.9 Å². The molecule has 27 heavy (non-hydrogen) atoms. The first-order chi connectivity index (χ1) is 13.2. The molecule has 3 N–H and O–H groups in total. The SMILES string of the molecule is CCNC(=NCCc1nc(-c2ccco2)n[nH]1)NCCc1ccc(F)cc1. The molecule has 2 heterocycles. The van der Waals surface area contributed by atoms with Gasteiger partial charge in [-0.2, -0.15) is 5.10 Å². The first-order valence-electron chi connectivity index (χ1n) is 8.96. The molecule has 2 aromatic heterocycles. The lowest BCUT2D eigenvalue weighted by Gasteiger charge is -2.11. The van der Waals surface area contributed by atoms with Crippen molar-refractivity contribution in [2.45, 2.75) is 19.8 Å². The lowest BCUT2D eigenvalue weighted by atomic mass is 10.1. The number of nitrogens with zero attached hydrogens (tertiary/aromatic N) is 3. The monoisotopic (exact) mass is 370 g/mol. The van der Waals surface area contributed by atoms with Gasteiger partial charge in [0, 0.05) is 26.1 Å². The van der Waals surface area contributed by atoms with E-state index < -0.39 is 0 Å². The number of H-pyrrole nitrogens is 1. The van der Waals surface area contributed by atoms with Gasteiger partial charge in [0.15, 0.2) is 11.7 Å². The van der Waals surface area contributed by atoms with Gasteiger partial charge in [-0.25, -0.2) is 9.37 Å². The lowest BCUT2D eigenvalue weighted by molar-refractivity contribution is 0.577. The van der Waals surface area contributed by atoms with Gasteiger partial charge in [-0.3, -0.25) is 10.1 Å². The van der Waals surface area contributed by atoms with E-state index in [9.17, 15) is 4.39 Å². The predicted octanol–water partition coefficient (Wildman–Crippen LogP) is 2.54. The van der Waals surface area contributed by atoms with Crippen LogP contribution in [0.15, 0.2) is 52.1 Å². The molecule has 1 aromatic carbocycles. The molecule has 0 saturated carbocycles. The number of halogens is 1. The van der Waals surface area contributed by atoms with E-state index in [1.807, 2.05) is 13.0 Å². The van der Waals surface area contributed by atoms with Gasteiger partial charge in [-0.15, -0.1) is 0 Å². The number of aromatic nitrogens is 3. The summed E-state index contributed by atoms with van der Waals surface area (Å²) >= 11 is 0. The van der Waals surface area contributed by atoms with Crippen LogP contribution in [-0.2, 0) is 12.8 Å². The molecule has 0 fully saturated rings. The number of guanidine groups is 1. The van der Waals surface area contributed by atoms with Crippen LogP contribution in [-0.4, -0.2) is 40.8 Å². The van der Waals surface area contributed by atoms with Crippen molar-refractivity contribution < 1.29 is 8.81 Å². The summed E-state index contributed by atoms with van der Waals surface area (Å²) in [5, 5.41) is 13.5. The Hall–Kier alpha value is -3.16. The van der Waals surface area contributed by atoms with Crippen LogP contribution in [0.25, 0.3) is 11.6 Å². The van der Waals surface area contributed by atoms with Crippen LogP contribution in [0.3, 0.4) is 0 Å². The van der Waals surface area contributed by atoms with Gasteiger partial charge in [0.2, 0.25) is 5.82 Å². The molecule has 0 radical (unpaired) electrons. The highest BCUT2D eigenvalue weighted by molar-refractivity contribution is 5.79. The van der Waals surface area contributed by atoms with Crippen LogP contribution in [0.5, 0.6) is 0 Å². The number of benzene rings is 1. The summed E-state index contributed by atoms with van der Waals surface area (Å²) < 4.78 is 18.2. The van der Waals surface area contributed by atoms with Crippen LogP contribution >= 0.6 is 0 Å². The van der Waals surface area contributed by atoms with E-state index in [-0.39, 0.29) is 5.82 Å². The van der Waals surface area contributed by atoms with Crippen molar-refractivity contribution in [2.24, 2.45) is 4.99 Å². The number of hydrogen-bond donors (Lipinski definition) is 3. The van der Waals surface area contributed by atoms with Crippen molar-refractivity contribution in [3.63, 3.8) is 0 Å².